The van der Waals surface area contributed by atoms with Gasteiger partial charge in [-0.25, -0.2) is 4.79 Å². The molecule has 0 aromatic heterocycles. The van der Waals surface area contributed by atoms with E-state index in [1.807, 2.05) is 0 Å². The smallest absolute Gasteiger partial charge is 0.329 e. The quantitative estimate of drug-likeness (QED) is 0.569. The number of allylic oxidation sites excluding steroid dienone is 1. The molecule has 4 heteroatoms. The van der Waals surface area contributed by atoms with Gasteiger partial charge in [0.2, 0.25) is 5.91 Å². The fourth-order valence-corrected chi connectivity index (χ4v) is 2.15. The molecule has 1 saturated carbocycles. The first-order chi connectivity index (χ1) is 7.60. The van der Waals surface area contributed by atoms with Gasteiger partial charge in [0.05, 0.1) is 0 Å². The van der Waals surface area contributed by atoms with Gasteiger partial charge in [-0.05, 0) is 25.8 Å². The SMILES string of the molecule is C/C=C/C(=O)NC1(C(=O)O)CCCCCC1. The lowest BCUT2D eigenvalue weighted by Crippen LogP contribution is -2.53. The van der Waals surface area contributed by atoms with E-state index in [4.69, 9.17) is 0 Å². The molecule has 0 radical (unpaired) electrons. The highest BCUT2D eigenvalue weighted by molar-refractivity contribution is 5.93. The van der Waals surface area contributed by atoms with Crippen LogP contribution >= 0.6 is 0 Å². The summed E-state index contributed by atoms with van der Waals surface area (Å²) in [7, 11) is 0. The molecule has 0 spiro atoms. The van der Waals surface area contributed by atoms with Gasteiger partial charge in [0.1, 0.15) is 5.54 Å². The average Bonchev–Trinajstić information content (AvgIpc) is 2.44. The zero-order chi connectivity index (χ0) is 12.0. The molecule has 0 atom stereocenters. The van der Waals surface area contributed by atoms with Crippen molar-refractivity contribution >= 4 is 11.9 Å². The Morgan fingerprint density at radius 1 is 1.19 bits per heavy atom. The average molecular weight is 225 g/mol. The third-order valence-corrected chi connectivity index (χ3v) is 3.05. The molecule has 0 aromatic carbocycles. The van der Waals surface area contributed by atoms with Crippen molar-refractivity contribution in [2.45, 2.75) is 51.0 Å². The Balaban J connectivity index is 2.78. The molecule has 0 saturated heterocycles. The molecule has 16 heavy (non-hydrogen) atoms. The summed E-state index contributed by atoms with van der Waals surface area (Å²) in [6.45, 7) is 1.74. The van der Waals surface area contributed by atoms with E-state index >= 15 is 0 Å². The lowest BCUT2D eigenvalue weighted by molar-refractivity contribution is -0.147. The maximum absolute atomic E-state index is 11.5. The molecule has 0 unspecified atom stereocenters. The van der Waals surface area contributed by atoms with Crippen LogP contribution in [0.5, 0.6) is 0 Å². The number of nitrogens with one attached hydrogen (secondary N) is 1. The summed E-state index contributed by atoms with van der Waals surface area (Å²) in [5, 5.41) is 11.9. The second kappa shape index (κ2) is 5.68. The van der Waals surface area contributed by atoms with E-state index < -0.39 is 11.5 Å². The first kappa shape index (κ1) is 12.7. The molecule has 0 aliphatic heterocycles. The highest BCUT2D eigenvalue weighted by atomic mass is 16.4. The number of amides is 1. The van der Waals surface area contributed by atoms with E-state index in [0.717, 1.165) is 25.7 Å². The minimum Gasteiger partial charge on any atom is -0.480 e. The predicted molar refractivity (Wildman–Crippen MR) is 61.0 cm³/mol. The van der Waals surface area contributed by atoms with Gasteiger partial charge in [-0.2, -0.15) is 0 Å². The van der Waals surface area contributed by atoms with E-state index in [-0.39, 0.29) is 5.91 Å². The van der Waals surface area contributed by atoms with Crippen molar-refractivity contribution in [3.63, 3.8) is 0 Å². The minimum atomic E-state index is -1.05. The van der Waals surface area contributed by atoms with E-state index in [1.54, 1.807) is 13.0 Å². The van der Waals surface area contributed by atoms with Gasteiger partial charge < -0.3 is 10.4 Å². The number of carboxylic acids is 1. The normalized spacial score (nSPS) is 20.3. The van der Waals surface area contributed by atoms with Crippen LogP contribution in [-0.2, 0) is 9.59 Å². The van der Waals surface area contributed by atoms with E-state index in [1.165, 1.54) is 6.08 Å². The molecule has 90 valence electrons. The molecule has 1 aliphatic rings. The van der Waals surface area contributed by atoms with Crippen LogP contribution in [-0.4, -0.2) is 22.5 Å². The van der Waals surface area contributed by atoms with Crippen molar-refractivity contribution in [3.8, 4) is 0 Å². The van der Waals surface area contributed by atoms with E-state index in [2.05, 4.69) is 5.32 Å². The monoisotopic (exact) mass is 225 g/mol. The third kappa shape index (κ3) is 3.08. The van der Waals surface area contributed by atoms with Crippen molar-refractivity contribution < 1.29 is 14.7 Å². The van der Waals surface area contributed by atoms with Crippen molar-refractivity contribution in [1.29, 1.82) is 0 Å². The van der Waals surface area contributed by atoms with Crippen molar-refractivity contribution in [3.05, 3.63) is 12.2 Å². The Hall–Kier alpha value is -1.32. The van der Waals surface area contributed by atoms with Gasteiger partial charge in [0.15, 0.2) is 0 Å². The number of carbonyl (C=O) groups is 2. The predicted octanol–water partition coefficient (Wildman–Crippen LogP) is 1.86. The van der Waals surface area contributed by atoms with Crippen LogP contribution in [0.2, 0.25) is 0 Å². The van der Waals surface area contributed by atoms with Crippen LogP contribution in [0.25, 0.3) is 0 Å². The largest absolute Gasteiger partial charge is 0.480 e. The Bertz CT molecular complexity index is 289. The summed E-state index contributed by atoms with van der Waals surface area (Å²) in [6.07, 6.45) is 7.88. The van der Waals surface area contributed by atoms with Crippen molar-refractivity contribution in [1.82, 2.24) is 5.32 Å². The minimum absolute atomic E-state index is 0.313. The summed E-state index contributed by atoms with van der Waals surface area (Å²) in [5.74, 6) is -1.22. The van der Waals surface area contributed by atoms with Gasteiger partial charge in [0.25, 0.3) is 0 Å². The Labute approximate surface area is 95.7 Å². The molecule has 1 fully saturated rings. The molecule has 4 nitrogen and oxygen atoms in total. The molecule has 0 bridgehead atoms. The third-order valence-electron chi connectivity index (χ3n) is 3.05. The molecule has 0 heterocycles. The second-order valence-electron chi connectivity index (χ2n) is 4.29. The first-order valence-electron chi connectivity index (χ1n) is 5.79. The second-order valence-corrected chi connectivity index (χ2v) is 4.29. The summed E-state index contributed by atoms with van der Waals surface area (Å²) < 4.78 is 0. The van der Waals surface area contributed by atoms with Crippen LogP contribution in [0.1, 0.15) is 45.4 Å². The zero-order valence-electron chi connectivity index (χ0n) is 9.66. The van der Waals surface area contributed by atoms with Crippen molar-refractivity contribution in [2.24, 2.45) is 0 Å². The lowest BCUT2D eigenvalue weighted by atomic mass is 9.90. The highest BCUT2D eigenvalue weighted by Gasteiger charge is 2.39. The number of aliphatic carboxylic acids is 1. The zero-order valence-corrected chi connectivity index (χ0v) is 9.66. The van der Waals surface area contributed by atoms with Gasteiger partial charge >= 0.3 is 5.97 Å². The maximum atomic E-state index is 11.5. The molecular formula is C12H19NO3. The first-order valence-corrected chi connectivity index (χ1v) is 5.79. The van der Waals surface area contributed by atoms with Crippen molar-refractivity contribution in [2.75, 3.05) is 0 Å². The van der Waals surface area contributed by atoms with Crippen LogP contribution in [0, 0.1) is 0 Å². The molecule has 0 aromatic rings. The van der Waals surface area contributed by atoms with Crippen LogP contribution < -0.4 is 5.32 Å². The summed E-state index contributed by atoms with van der Waals surface area (Å²) in [5.41, 5.74) is -1.05. The Morgan fingerprint density at radius 3 is 2.19 bits per heavy atom. The molecule has 2 N–H and O–H groups in total. The van der Waals surface area contributed by atoms with Gasteiger partial charge in [-0.1, -0.05) is 31.8 Å². The summed E-state index contributed by atoms with van der Waals surface area (Å²) in [4.78, 5) is 22.8. The highest BCUT2D eigenvalue weighted by Crippen LogP contribution is 2.27. The summed E-state index contributed by atoms with van der Waals surface area (Å²) in [6, 6.07) is 0. The molecular weight excluding hydrogens is 206 g/mol. The molecule has 1 rings (SSSR count). The van der Waals surface area contributed by atoms with Crippen LogP contribution in [0.4, 0.5) is 0 Å². The van der Waals surface area contributed by atoms with E-state index in [9.17, 15) is 14.7 Å². The fraction of sp³-hybridized carbons (Fsp3) is 0.667. The maximum Gasteiger partial charge on any atom is 0.329 e. The van der Waals surface area contributed by atoms with Crippen LogP contribution in [0.15, 0.2) is 12.2 Å². The topological polar surface area (TPSA) is 66.4 Å². The van der Waals surface area contributed by atoms with Gasteiger partial charge in [0, 0.05) is 0 Å². The number of hydrogen-bond donors (Lipinski definition) is 2. The number of rotatable bonds is 3. The Morgan fingerprint density at radius 2 is 1.75 bits per heavy atom. The Kier molecular flexibility index (Phi) is 4.52. The lowest BCUT2D eigenvalue weighted by Gasteiger charge is -2.28. The standard InChI is InChI=1S/C12H19NO3/c1-2-7-10(14)13-12(11(15)16)8-5-3-4-6-9-12/h2,7H,3-6,8-9H2,1H3,(H,13,14)(H,15,16)/b7-2+. The molecule has 1 amide bonds. The summed E-state index contributed by atoms with van der Waals surface area (Å²) >= 11 is 0. The van der Waals surface area contributed by atoms with Gasteiger partial charge in [-0.3, -0.25) is 4.79 Å². The molecule has 1 aliphatic carbocycles. The number of carbonyl (C=O) groups excluding carboxylic acids is 1. The van der Waals surface area contributed by atoms with Gasteiger partial charge in [-0.15, -0.1) is 0 Å². The fourth-order valence-electron chi connectivity index (χ4n) is 2.15. The van der Waals surface area contributed by atoms with E-state index in [0.29, 0.717) is 12.8 Å². The number of carboxylic acid groups (broad SMARTS) is 1. The van der Waals surface area contributed by atoms with Crippen LogP contribution in [0.3, 0.4) is 0 Å². The number of hydrogen-bond acceptors (Lipinski definition) is 2.